The zero-order valence-corrected chi connectivity index (χ0v) is 8.15. The van der Waals surface area contributed by atoms with E-state index in [4.69, 9.17) is 20.8 Å². The molecule has 0 amide bonds. The molecule has 0 aliphatic heterocycles. The summed E-state index contributed by atoms with van der Waals surface area (Å²) in [5, 5.41) is 0. The van der Waals surface area contributed by atoms with E-state index in [2.05, 4.69) is 0 Å². The minimum Gasteiger partial charge on any atom is -0.393 e. The molecule has 0 saturated carbocycles. The van der Waals surface area contributed by atoms with Crippen LogP contribution in [0.3, 0.4) is 0 Å². The average molecular weight is 181 g/mol. The fourth-order valence-corrected chi connectivity index (χ4v) is 1.21. The molecule has 1 unspecified atom stereocenters. The summed E-state index contributed by atoms with van der Waals surface area (Å²) in [7, 11) is 0.465. The first-order valence-corrected chi connectivity index (χ1v) is 5.02. The summed E-state index contributed by atoms with van der Waals surface area (Å²) in [6.45, 7) is 4.54. The predicted octanol–water partition coefficient (Wildman–Crippen LogP) is 1.66. The van der Waals surface area contributed by atoms with E-state index in [0.29, 0.717) is 22.3 Å². The fourth-order valence-electron chi connectivity index (χ4n) is 0.484. The van der Waals surface area contributed by atoms with E-state index in [1.54, 1.807) is 0 Å². The maximum Gasteiger partial charge on any atom is 0.234 e. The Morgan fingerprint density at radius 1 is 1.60 bits per heavy atom. The van der Waals surface area contributed by atoms with Gasteiger partial charge in [-0.05, 0) is 19.9 Å². The van der Waals surface area contributed by atoms with Gasteiger partial charge in [0.2, 0.25) is 9.76 Å². The molecule has 0 aromatic rings. The number of alkyl halides is 1. The second kappa shape index (κ2) is 7.53. The van der Waals surface area contributed by atoms with E-state index in [0.717, 1.165) is 6.04 Å². The number of ether oxygens (including phenoxy) is 1. The van der Waals surface area contributed by atoms with Crippen molar-refractivity contribution >= 4 is 21.4 Å². The minimum atomic E-state index is -0.0773. The van der Waals surface area contributed by atoms with Crippen molar-refractivity contribution in [2.45, 2.75) is 26.2 Å². The highest BCUT2D eigenvalue weighted by Gasteiger charge is 1.99. The number of rotatable bonds is 6. The zero-order valence-electron chi connectivity index (χ0n) is 6.39. The molecule has 0 N–H and O–H groups in total. The first-order chi connectivity index (χ1) is 4.81. The SMILES string of the molecule is CCOC(C)O[Si]CCCl. The van der Waals surface area contributed by atoms with Gasteiger partial charge < -0.3 is 9.16 Å². The molecule has 0 aliphatic carbocycles. The van der Waals surface area contributed by atoms with Crippen LogP contribution in [0.4, 0.5) is 0 Å². The summed E-state index contributed by atoms with van der Waals surface area (Å²) in [6.07, 6.45) is -0.0773. The first-order valence-electron chi connectivity index (χ1n) is 3.37. The molecule has 0 aliphatic rings. The van der Waals surface area contributed by atoms with Crippen LogP contribution in [-0.4, -0.2) is 28.5 Å². The molecule has 0 spiro atoms. The Morgan fingerprint density at radius 2 is 2.30 bits per heavy atom. The lowest BCUT2D eigenvalue weighted by atomic mass is 10.7. The third-order valence-corrected chi connectivity index (χ3v) is 2.31. The first kappa shape index (κ1) is 10.4. The highest BCUT2D eigenvalue weighted by atomic mass is 35.5. The van der Waals surface area contributed by atoms with Gasteiger partial charge in [0.05, 0.1) is 0 Å². The third-order valence-electron chi connectivity index (χ3n) is 0.847. The second-order valence-corrected chi connectivity index (χ2v) is 3.13. The summed E-state index contributed by atoms with van der Waals surface area (Å²) in [6, 6.07) is 0.916. The van der Waals surface area contributed by atoms with Crippen LogP contribution >= 0.6 is 11.6 Å². The van der Waals surface area contributed by atoms with Gasteiger partial charge in [0, 0.05) is 12.5 Å². The summed E-state index contributed by atoms with van der Waals surface area (Å²) in [5.41, 5.74) is 0. The molecule has 2 radical (unpaired) electrons. The number of hydrogen-bond acceptors (Lipinski definition) is 2. The number of hydrogen-bond donors (Lipinski definition) is 0. The maximum absolute atomic E-state index is 5.45. The zero-order chi connectivity index (χ0) is 7.82. The van der Waals surface area contributed by atoms with E-state index >= 15 is 0 Å². The van der Waals surface area contributed by atoms with Gasteiger partial charge in [-0.2, -0.15) is 0 Å². The largest absolute Gasteiger partial charge is 0.393 e. The van der Waals surface area contributed by atoms with Gasteiger partial charge >= 0.3 is 0 Å². The molecule has 0 saturated heterocycles. The van der Waals surface area contributed by atoms with Crippen LogP contribution in [0.2, 0.25) is 6.04 Å². The lowest BCUT2D eigenvalue weighted by Gasteiger charge is -2.10. The molecule has 0 rings (SSSR count). The molecule has 2 nitrogen and oxygen atoms in total. The van der Waals surface area contributed by atoms with Crippen molar-refractivity contribution in [3.63, 3.8) is 0 Å². The topological polar surface area (TPSA) is 18.5 Å². The Kier molecular flexibility index (Phi) is 7.85. The van der Waals surface area contributed by atoms with E-state index in [1.807, 2.05) is 13.8 Å². The van der Waals surface area contributed by atoms with E-state index in [9.17, 15) is 0 Å². The van der Waals surface area contributed by atoms with Crippen molar-refractivity contribution in [1.29, 1.82) is 0 Å². The van der Waals surface area contributed by atoms with Crippen LogP contribution in [0.1, 0.15) is 13.8 Å². The molecule has 0 aromatic heterocycles. The Hall–Kier alpha value is 0.427. The van der Waals surface area contributed by atoms with Crippen LogP contribution in [0, 0.1) is 0 Å². The Balaban J connectivity index is 2.97. The maximum atomic E-state index is 5.45. The fraction of sp³-hybridized carbons (Fsp3) is 1.00. The van der Waals surface area contributed by atoms with Crippen LogP contribution in [-0.2, 0) is 9.16 Å². The smallest absolute Gasteiger partial charge is 0.234 e. The van der Waals surface area contributed by atoms with Crippen LogP contribution < -0.4 is 0 Å². The molecule has 60 valence electrons. The van der Waals surface area contributed by atoms with Gasteiger partial charge in [0.25, 0.3) is 0 Å². The van der Waals surface area contributed by atoms with Crippen molar-refractivity contribution in [2.24, 2.45) is 0 Å². The van der Waals surface area contributed by atoms with E-state index in [-0.39, 0.29) is 6.29 Å². The average Bonchev–Trinajstić information content (AvgIpc) is 1.89. The van der Waals surface area contributed by atoms with E-state index in [1.165, 1.54) is 0 Å². The molecule has 0 aromatic carbocycles. The highest BCUT2D eigenvalue weighted by Crippen LogP contribution is 1.93. The van der Waals surface area contributed by atoms with Crippen molar-refractivity contribution in [1.82, 2.24) is 0 Å². The van der Waals surface area contributed by atoms with E-state index < -0.39 is 0 Å². The van der Waals surface area contributed by atoms with Gasteiger partial charge in [-0.15, -0.1) is 11.6 Å². The lowest BCUT2D eigenvalue weighted by molar-refractivity contribution is -0.0604. The monoisotopic (exact) mass is 180 g/mol. The predicted molar refractivity (Wildman–Crippen MR) is 43.5 cm³/mol. The van der Waals surface area contributed by atoms with Gasteiger partial charge in [0.1, 0.15) is 6.29 Å². The molecule has 0 heterocycles. The second-order valence-electron chi connectivity index (χ2n) is 1.72. The van der Waals surface area contributed by atoms with Crippen molar-refractivity contribution in [3.8, 4) is 0 Å². The number of halogens is 1. The van der Waals surface area contributed by atoms with Gasteiger partial charge in [0.15, 0.2) is 0 Å². The summed E-state index contributed by atoms with van der Waals surface area (Å²) in [5.74, 6) is 0.664. The summed E-state index contributed by atoms with van der Waals surface area (Å²) in [4.78, 5) is 0. The van der Waals surface area contributed by atoms with Gasteiger partial charge in [-0.25, -0.2) is 0 Å². The molecule has 1 atom stereocenters. The highest BCUT2D eigenvalue weighted by molar-refractivity contribution is 6.31. The quantitative estimate of drug-likeness (QED) is 0.268. The lowest BCUT2D eigenvalue weighted by Crippen LogP contribution is -2.15. The molecule has 0 bridgehead atoms. The minimum absolute atomic E-state index is 0.0773. The Bertz CT molecular complexity index is 72.8. The normalized spacial score (nSPS) is 13.5. The Morgan fingerprint density at radius 3 is 2.80 bits per heavy atom. The molecular formula is C6H13ClO2Si. The van der Waals surface area contributed by atoms with Crippen molar-refractivity contribution in [3.05, 3.63) is 0 Å². The molecule has 10 heavy (non-hydrogen) atoms. The standard InChI is InChI=1S/C6H13ClO2Si/c1-3-8-6(2)9-10-5-4-7/h6H,3-5H2,1-2H3. The van der Waals surface area contributed by atoms with Gasteiger partial charge in [-0.1, -0.05) is 0 Å². The molecule has 0 fully saturated rings. The van der Waals surface area contributed by atoms with Crippen LogP contribution in [0.5, 0.6) is 0 Å². The summed E-state index contributed by atoms with van der Waals surface area (Å²) >= 11 is 5.45. The van der Waals surface area contributed by atoms with Crippen molar-refractivity contribution < 1.29 is 9.16 Å². The van der Waals surface area contributed by atoms with Crippen molar-refractivity contribution in [2.75, 3.05) is 12.5 Å². The molecule has 4 heteroatoms. The molecular weight excluding hydrogens is 168 g/mol. The van der Waals surface area contributed by atoms with Crippen LogP contribution in [0.15, 0.2) is 0 Å². The third kappa shape index (κ3) is 6.55. The van der Waals surface area contributed by atoms with Crippen LogP contribution in [0.25, 0.3) is 0 Å². The van der Waals surface area contributed by atoms with Gasteiger partial charge in [-0.3, -0.25) is 0 Å². The Labute approximate surface area is 69.8 Å². The summed E-state index contributed by atoms with van der Waals surface area (Å²) < 4.78 is 10.4.